The maximum absolute atomic E-state index is 5.31. The topological polar surface area (TPSA) is 25.8 Å². The van der Waals surface area contributed by atoms with Crippen molar-refractivity contribution in [1.82, 2.24) is 9.97 Å². The second-order valence-corrected chi connectivity index (χ2v) is 15.4. The van der Waals surface area contributed by atoms with E-state index in [0.717, 1.165) is 33.9 Å². The fraction of sp³-hybridized carbons (Fsp3) is 0.0566. The van der Waals surface area contributed by atoms with E-state index in [-0.39, 0.29) is 5.41 Å². The second-order valence-electron chi connectivity index (χ2n) is 15.4. The van der Waals surface area contributed by atoms with E-state index in [4.69, 9.17) is 9.97 Å². The Hall–Kier alpha value is -6.90. The van der Waals surface area contributed by atoms with Crippen LogP contribution in [-0.4, -0.2) is 9.97 Å². The van der Waals surface area contributed by atoms with Crippen molar-refractivity contribution >= 4 is 43.1 Å². The molecular formula is C53H36N2. The highest BCUT2D eigenvalue weighted by atomic mass is 14.9. The molecular weight excluding hydrogens is 665 g/mol. The lowest BCUT2D eigenvalue weighted by Gasteiger charge is -2.22. The monoisotopic (exact) mass is 700 g/mol. The molecule has 0 bridgehead atoms. The number of aromatic nitrogens is 2. The Bertz CT molecular complexity index is 3160. The van der Waals surface area contributed by atoms with Crippen molar-refractivity contribution in [2.24, 2.45) is 0 Å². The summed E-state index contributed by atoms with van der Waals surface area (Å²) in [5.74, 6) is 0.720. The fourth-order valence-corrected chi connectivity index (χ4v) is 9.07. The molecule has 0 unspecified atom stereocenters. The van der Waals surface area contributed by atoms with Crippen molar-refractivity contribution in [2.45, 2.75) is 19.3 Å². The predicted molar refractivity (Wildman–Crippen MR) is 231 cm³/mol. The Morgan fingerprint density at radius 1 is 0.345 bits per heavy atom. The zero-order chi connectivity index (χ0) is 36.7. The van der Waals surface area contributed by atoms with E-state index < -0.39 is 0 Å². The normalized spacial score (nSPS) is 13.1. The molecule has 1 aromatic heterocycles. The van der Waals surface area contributed by atoms with Gasteiger partial charge in [-0.2, -0.15) is 0 Å². The molecule has 0 fully saturated rings. The van der Waals surface area contributed by atoms with Gasteiger partial charge >= 0.3 is 0 Å². The predicted octanol–water partition coefficient (Wildman–Crippen LogP) is 14.1. The van der Waals surface area contributed by atoms with Crippen LogP contribution in [0.4, 0.5) is 0 Å². The third kappa shape index (κ3) is 4.95. The Morgan fingerprint density at radius 2 is 1.00 bits per heavy atom. The van der Waals surface area contributed by atoms with E-state index in [0.29, 0.717) is 0 Å². The highest BCUT2D eigenvalue weighted by molar-refractivity contribution is 6.20. The molecule has 10 aromatic rings. The molecule has 0 atom stereocenters. The van der Waals surface area contributed by atoms with Gasteiger partial charge in [0.05, 0.1) is 11.4 Å². The van der Waals surface area contributed by atoms with Gasteiger partial charge in [-0.05, 0) is 101 Å². The van der Waals surface area contributed by atoms with Gasteiger partial charge in [-0.15, -0.1) is 0 Å². The van der Waals surface area contributed by atoms with Gasteiger partial charge in [0.25, 0.3) is 0 Å². The van der Waals surface area contributed by atoms with Crippen molar-refractivity contribution in [2.75, 3.05) is 0 Å². The highest BCUT2D eigenvalue weighted by Crippen LogP contribution is 2.53. The van der Waals surface area contributed by atoms with Crippen molar-refractivity contribution in [3.63, 3.8) is 0 Å². The number of benzene rings is 9. The molecule has 0 saturated carbocycles. The van der Waals surface area contributed by atoms with Crippen LogP contribution < -0.4 is 0 Å². The zero-order valence-electron chi connectivity index (χ0n) is 30.7. The Morgan fingerprint density at radius 3 is 1.80 bits per heavy atom. The largest absolute Gasteiger partial charge is 0.228 e. The molecule has 0 saturated heterocycles. The first-order valence-electron chi connectivity index (χ1n) is 19.1. The lowest BCUT2D eigenvalue weighted by molar-refractivity contribution is 0.661. The van der Waals surface area contributed by atoms with Gasteiger partial charge in [0.2, 0.25) is 0 Å². The molecule has 0 radical (unpaired) electrons. The maximum Gasteiger partial charge on any atom is 0.160 e. The molecule has 0 aliphatic heterocycles. The van der Waals surface area contributed by atoms with Gasteiger partial charge in [0.15, 0.2) is 5.82 Å². The van der Waals surface area contributed by atoms with E-state index in [1.807, 2.05) is 6.07 Å². The molecule has 0 N–H and O–H groups in total. The van der Waals surface area contributed by atoms with Crippen LogP contribution in [0.3, 0.4) is 0 Å². The molecule has 11 rings (SSSR count). The molecule has 258 valence electrons. The van der Waals surface area contributed by atoms with Gasteiger partial charge in [0.1, 0.15) is 0 Å². The first-order chi connectivity index (χ1) is 27.0. The summed E-state index contributed by atoms with van der Waals surface area (Å²) < 4.78 is 0. The maximum atomic E-state index is 5.31. The molecule has 0 amide bonds. The fourth-order valence-electron chi connectivity index (χ4n) is 9.07. The number of rotatable bonds is 4. The average Bonchev–Trinajstić information content (AvgIpc) is 3.47. The van der Waals surface area contributed by atoms with E-state index in [1.165, 1.54) is 76.5 Å². The van der Waals surface area contributed by atoms with Crippen LogP contribution >= 0.6 is 0 Å². The van der Waals surface area contributed by atoms with Gasteiger partial charge in [0, 0.05) is 22.1 Å². The highest BCUT2D eigenvalue weighted by Gasteiger charge is 2.37. The molecule has 1 aliphatic carbocycles. The standard InChI is InChI=1S/C53H36N2/c1-53(2)46-22-12-21-43(51(46)45-29-37-16-6-7-17-38(37)31-47(45)53)49-32-48(54-52(55-49)36-14-4-3-5-15-36)34-23-25-35(26-24-34)50-41-20-11-9-18-39(41)30-44-40-19-10-8-13-33(40)27-28-42(44)50/h3-32H,1-2H3. The van der Waals surface area contributed by atoms with Gasteiger partial charge in [-0.3, -0.25) is 0 Å². The third-order valence-corrected chi connectivity index (χ3v) is 11.8. The summed E-state index contributed by atoms with van der Waals surface area (Å²) in [7, 11) is 0. The van der Waals surface area contributed by atoms with Gasteiger partial charge < -0.3 is 0 Å². The quantitative estimate of drug-likeness (QED) is 0.135. The molecule has 1 aliphatic rings. The second kappa shape index (κ2) is 12.1. The number of hydrogen-bond donors (Lipinski definition) is 0. The first-order valence-corrected chi connectivity index (χ1v) is 19.1. The Balaban J connectivity index is 1.09. The first kappa shape index (κ1) is 31.6. The molecule has 1 heterocycles. The summed E-state index contributed by atoms with van der Waals surface area (Å²) >= 11 is 0. The van der Waals surface area contributed by atoms with Crippen molar-refractivity contribution in [3.8, 4) is 56.2 Å². The smallest absolute Gasteiger partial charge is 0.160 e. The van der Waals surface area contributed by atoms with Crippen LogP contribution in [-0.2, 0) is 5.41 Å². The molecule has 55 heavy (non-hydrogen) atoms. The van der Waals surface area contributed by atoms with Crippen LogP contribution in [0.15, 0.2) is 182 Å². The summed E-state index contributed by atoms with van der Waals surface area (Å²) in [6, 6.07) is 66.0. The minimum absolute atomic E-state index is 0.142. The Kier molecular flexibility index (Phi) is 6.93. The summed E-state index contributed by atoms with van der Waals surface area (Å²) in [6.45, 7) is 4.69. The van der Waals surface area contributed by atoms with E-state index in [2.05, 4.69) is 190 Å². The zero-order valence-corrected chi connectivity index (χ0v) is 30.7. The molecule has 2 nitrogen and oxygen atoms in total. The number of fused-ring (bicyclic) bond motifs is 8. The summed E-state index contributed by atoms with van der Waals surface area (Å²) in [6.07, 6.45) is 0. The third-order valence-electron chi connectivity index (χ3n) is 11.8. The minimum atomic E-state index is -0.142. The Labute approximate surface area is 320 Å². The molecule has 9 aromatic carbocycles. The van der Waals surface area contributed by atoms with E-state index in [9.17, 15) is 0 Å². The summed E-state index contributed by atoms with van der Waals surface area (Å²) in [5, 5.41) is 10.1. The number of hydrogen-bond acceptors (Lipinski definition) is 2. The molecule has 0 spiro atoms. The van der Waals surface area contributed by atoms with Crippen molar-refractivity contribution in [3.05, 3.63) is 193 Å². The summed E-state index contributed by atoms with van der Waals surface area (Å²) in [5.41, 5.74) is 12.5. The minimum Gasteiger partial charge on any atom is -0.228 e. The van der Waals surface area contributed by atoms with Crippen LogP contribution in [0.2, 0.25) is 0 Å². The van der Waals surface area contributed by atoms with Crippen LogP contribution in [0.25, 0.3) is 99.2 Å². The van der Waals surface area contributed by atoms with E-state index in [1.54, 1.807) is 0 Å². The van der Waals surface area contributed by atoms with Crippen molar-refractivity contribution < 1.29 is 0 Å². The van der Waals surface area contributed by atoms with Crippen LogP contribution in [0, 0.1) is 0 Å². The van der Waals surface area contributed by atoms with Gasteiger partial charge in [-0.1, -0.05) is 172 Å². The lowest BCUT2D eigenvalue weighted by atomic mass is 9.81. The lowest BCUT2D eigenvalue weighted by Crippen LogP contribution is -2.14. The van der Waals surface area contributed by atoms with Crippen LogP contribution in [0.1, 0.15) is 25.0 Å². The van der Waals surface area contributed by atoms with Gasteiger partial charge in [-0.25, -0.2) is 9.97 Å². The summed E-state index contributed by atoms with van der Waals surface area (Å²) in [4.78, 5) is 10.5. The average molecular weight is 701 g/mol. The molecule has 2 heteroatoms. The SMILES string of the molecule is CC1(C)c2cc3ccccc3cc2-c2c(-c3cc(-c4ccc(-c5c6ccccc6cc6c5ccc5ccccc56)cc4)nc(-c4ccccc4)n3)cccc21. The number of nitrogens with zero attached hydrogens (tertiary/aromatic N) is 2. The van der Waals surface area contributed by atoms with E-state index >= 15 is 0 Å². The van der Waals surface area contributed by atoms with Crippen molar-refractivity contribution in [1.29, 1.82) is 0 Å². The van der Waals surface area contributed by atoms with Crippen LogP contribution in [0.5, 0.6) is 0 Å².